The largest absolute Gasteiger partial charge is 0.356 e. The molecule has 2 unspecified atom stereocenters. The zero-order valence-electron chi connectivity index (χ0n) is 14.8. The molecule has 0 radical (unpaired) electrons. The molecule has 0 bridgehead atoms. The van der Waals surface area contributed by atoms with Crippen molar-refractivity contribution in [2.24, 2.45) is 4.99 Å². The highest BCUT2D eigenvalue weighted by Gasteiger charge is 2.12. The molecule has 136 valence electrons. The van der Waals surface area contributed by atoms with Crippen molar-refractivity contribution >= 4 is 27.4 Å². The second-order valence-corrected chi connectivity index (χ2v) is 8.77. The maximum atomic E-state index is 11.2. The molecule has 2 N–H and O–H groups in total. The predicted molar refractivity (Wildman–Crippen MR) is 103 cm³/mol. The quantitative estimate of drug-likeness (QED) is 0.543. The van der Waals surface area contributed by atoms with Crippen LogP contribution in [0.15, 0.2) is 29.3 Å². The average Bonchev–Trinajstić information content (AvgIpc) is 2.53. The first-order valence-electron chi connectivity index (χ1n) is 8.15. The Labute approximate surface area is 150 Å². The molecule has 24 heavy (non-hydrogen) atoms. The van der Waals surface area contributed by atoms with Crippen LogP contribution in [0.3, 0.4) is 0 Å². The Kier molecular flexibility index (Phi) is 8.56. The number of halogens is 1. The summed E-state index contributed by atoms with van der Waals surface area (Å²) in [4.78, 5) is 4.21. The minimum absolute atomic E-state index is 0.0292. The number of nitrogens with zero attached hydrogens (tertiary/aromatic N) is 1. The summed E-state index contributed by atoms with van der Waals surface area (Å²) in [6, 6.07) is 7.92. The molecule has 0 aliphatic heterocycles. The number of rotatable bonds is 8. The lowest BCUT2D eigenvalue weighted by Crippen LogP contribution is -2.44. The molecule has 2 atom stereocenters. The van der Waals surface area contributed by atoms with Crippen molar-refractivity contribution in [1.29, 1.82) is 0 Å². The number of hydrogen-bond donors (Lipinski definition) is 2. The fourth-order valence-corrected chi connectivity index (χ4v) is 3.25. The van der Waals surface area contributed by atoms with Gasteiger partial charge in [-0.1, -0.05) is 30.7 Å². The molecule has 7 heteroatoms. The summed E-state index contributed by atoms with van der Waals surface area (Å²) in [7, 11) is -1.23. The summed E-state index contributed by atoms with van der Waals surface area (Å²) in [5, 5.41) is 7.29. The van der Waals surface area contributed by atoms with E-state index in [0.29, 0.717) is 18.3 Å². The Hall–Kier alpha value is -1.27. The van der Waals surface area contributed by atoms with Gasteiger partial charge in [0.25, 0.3) is 0 Å². The van der Waals surface area contributed by atoms with Crippen LogP contribution in [-0.4, -0.2) is 46.0 Å². The molecule has 0 aromatic heterocycles. The van der Waals surface area contributed by atoms with Crippen LogP contribution in [0.1, 0.15) is 38.2 Å². The summed E-state index contributed by atoms with van der Waals surface area (Å²) in [6.07, 6.45) is 2.80. The highest BCUT2D eigenvalue weighted by Crippen LogP contribution is 2.20. The van der Waals surface area contributed by atoms with Gasteiger partial charge in [-0.25, -0.2) is 8.42 Å². The van der Waals surface area contributed by atoms with Gasteiger partial charge >= 0.3 is 0 Å². The standard InChI is InChI=1S/C17H28ClN3O2S/c1-5-14(15-6-8-16(18)9-7-15)12-20-17(19-3)21-13(2)10-11-24(4,22)23/h6-9,13-14H,5,10-12H2,1-4H3,(H2,19,20,21). The second kappa shape index (κ2) is 9.89. The van der Waals surface area contributed by atoms with E-state index < -0.39 is 9.84 Å². The van der Waals surface area contributed by atoms with Crippen molar-refractivity contribution < 1.29 is 8.42 Å². The van der Waals surface area contributed by atoms with Crippen LogP contribution in [-0.2, 0) is 9.84 Å². The number of aliphatic imine (C=N–C) groups is 1. The Morgan fingerprint density at radius 2 is 1.92 bits per heavy atom. The number of guanidine groups is 1. The van der Waals surface area contributed by atoms with Crippen molar-refractivity contribution in [3.63, 3.8) is 0 Å². The summed E-state index contributed by atoms with van der Waals surface area (Å²) in [5.74, 6) is 1.20. The van der Waals surface area contributed by atoms with Gasteiger partial charge in [-0.05, 0) is 37.5 Å². The lowest BCUT2D eigenvalue weighted by Gasteiger charge is -2.21. The van der Waals surface area contributed by atoms with Crippen molar-refractivity contribution in [1.82, 2.24) is 10.6 Å². The normalized spacial score (nSPS) is 15.0. The summed E-state index contributed by atoms with van der Waals surface area (Å²) >= 11 is 5.94. The molecule has 0 spiro atoms. The topological polar surface area (TPSA) is 70.6 Å². The average molecular weight is 374 g/mol. The Bertz CT molecular complexity index is 630. The molecule has 0 aliphatic carbocycles. The number of hydrogen-bond acceptors (Lipinski definition) is 3. The summed E-state index contributed by atoms with van der Waals surface area (Å²) in [5.41, 5.74) is 1.23. The molecule has 0 saturated carbocycles. The minimum Gasteiger partial charge on any atom is -0.356 e. The van der Waals surface area contributed by atoms with Gasteiger partial charge < -0.3 is 10.6 Å². The zero-order chi connectivity index (χ0) is 18.2. The maximum Gasteiger partial charge on any atom is 0.191 e. The molecule has 0 fully saturated rings. The van der Waals surface area contributed by atoms with E-state index in [0.717, 1.165) is 18.0 Å². The van der Waals surface area contributed by atoms with Crippen LogP contribution in [0, 0.1) is 0 Å². The molecule has 0 amide bonds. The molecule has 5 nitrogen and oxygen atoms in total. The highest BCUT2D eigenvalue weighted by atomic mass is 35.5. The lowest BCUT2D eigenvalue weighted by atomic mass is 9.96. The van der Waals surface area contributed by atoms with Crippen LogP contribution in [0.5, 0.6) is 0 Å². The van der Waals surface area contributed by atoms with E-state index in [9.17, 15) is 8.42 Å². The third kappa shape index (κ3) is 8.02. The Morgan fingerprint density at radius 1 is 1.29 bits per heavy atom. The van der Waals surface area contributed by atoms with E-state index in [1.807, 2.05) is 31.2 Å². The van der Waals surface area contributed by atoms with Gasteiger partial charge in [-0.2, -0.15) is 0 Å². The molecular formula is C17H28ClN3O2S. The third-order valence-corrected chi connectivity index (χ3v) is 5.11. The summed E-state index contributed by atoms with van der Waals surface area (Å²) < 4.78 is 22.5. The van der Waals surface area contributed by atoms with E-state index in [1.54, 1.807) is 7.05 Å². The molecule has 0 aliphatic rings. The Balaban J connectivity index is 2.54. The van der Waals surface area contributed by atoms with Gasteiger partial charge in [-0.15, -0.1) is 0 Å². The van der Waals surface area contributed by atoms with E-state index in [-0.39, 0.29) is 11.8 Å². The number of sulfone groups is 1. The van der Waals surface area contributed by atoms with E-state index in [2.05, 4.69) is 22.5 Å². The second-order valence-electron chi connectivity index (χ2n) is 6.07. The van der Waals surface area contributed by atoms with Gasteiger partial charge in [0.2, 0.25) is 0 Å². The minimum atomic E-state index is -2.94. The van der Waals surface area contributed by atoms with Crippen molar-refractivity contribution in [3.8, 4) is 0 Å². The van der Waals surface area contributed by atoms with Crippen molar-refractivity contribution in [2.45, 2.75) is 38.6 Å². The van der Waals surface area contributed by atoms with Gasteiger partial charge in [0, 0.05) is 36.8 Å². The maximum absolute atomic E-state index is 11.2. The van der Waals surface area contributed by atoms with Gasteiger partial charge in [0.05, 0.1) is 5.75 Å². The third-order valence-electron chi connectivity index (χ3n) is 3.88. The van der Waals surface area contributed by atoms with Gasteiger partial charge in [0.15, 0.2) is 5.96 Å². The monoisotopic (exact) mass is 373 g/mol. The Morgan fingerprint density at radius 3 is 2.42 bits per heavy atom. The van der Waals surface area contributed by atoms with Crippen LogP contribution < -0.4 is 10.6 Å². The first-order valence-corrected chi connectivity index (χ1v) is 10.6. The fraction of sp³-hybridized carbons (Fsp3) is 0.588. The highest BCUT2D eigenvalue weighted by molar-refractivity contribution is 7.90. The number of nitrogens with one attached hydrogen (secondary N) is 2. The molecule has 1 aromatic carbocycles. The first kappa shape index (κ1) is 20.8. The van der Waals surface area contributed by atoms with E-state index in [1.165, 1.54) is 11.8 Å². The molecule has 1 aromatic rings. The number of benzene rings is 1. The molecule has 1 rings (SSSR count). The van der Waals surface area contributed by atoms with Gasteiger partial charge in [0.1, 0.15) is 9.84 Å². The SMILES string of the molecule is CCC(CNC(=NC)NC(C)CCS(C)(=O)=O)c1ccc(Cl)cc1. The fourth-order valence-electron chi connectivity index (χ4n) is 2.34. The summed E-state index contributed by atoms with van der Waals surface area (Å²) in [6.45, 7) is 4.84. The van der Waals surface area contributed by atoms with Crippen molar-refractivity contribution in [2.75, 3.05) is 25.6 Å². The lowest BCUT2D eigenvalue weighted by molar-refractivity contribution is 0.576. The molecule has 0 saturated heterocycles. The van der Waals surface area contributed by atoms with Crippen LogP contribution >= 0.6 is 11.6 Å². The van der Waals surface area contributed by atoms with Crippen LogP contribution in [0.4, 0.5) is 0 Å². The molecule has 0 heterocycles. The van der Waals surface area contributed by atoms with Crippen LogP contribution in [0.2, 0.25) is 5.02 Å². The van der Waals surface area contributed by atoms with E-state index >= 15 is 0 Å². The zero-order valence-corrected chi connectivity index (χ0v) is 16.4. The molecular weight excluding hydrogens is 346 g/mol. The van der Waals surface area contributed by atoms with E-state index in [4.69, 9.17) is 11.6 Å². The first-order chi connectivity index (χ1) is 11.2. The predicted octanol–water partition coefficient (Wildman–Crippen LogP) is 2.82. The van der Waals surface area contributed by atoms with Crippen LogP contribution in [0.25, 0.3) is 0 Å². The smallest absolute Gasteiger partial charge is 0.191 e. The van der Waals surface area contributed by atoms with Crippen molar-refractivity contribution in [3.05, 3.63) is 34.9 Å². The van der Waals surface area contributed by atoms with Gasteiger partial charge in [-0.3, -0.25) is 4.99 Å².